The topological polar surface area (TPSA) is 44.1 Å². The molecule has 6 heteroatoms. The fraction of sp³-hybridized carbons (Fsp3) is 0.385. The number of carbonyl (C=O) groups excluding carboxylic acids is 1. The number of nitrogens with zero attached hydrogens (tertiary/aromatic N) is 2. The summed E-state index contributed by atoms with van der Waals surface area (Å²) in [4.78, 5) is 11.9. The fourth-order valence-electron chi connectivity index (χ4n) is 1.65. The second-order valence-corrected chi connectivity index (χ2v) is 5.44. The first kappa shape index (κ1) is 13.8. The van der Waals surface area contributed by atoms with Crippen LogP contribution in [0.5, 0.6) is 0 Å². The largest absolute Gasteiger partial charge is 0.442 e. The number of ether oxygens (including phenoxy) is 1. The van der Waals surface area contributed by atoms with Gasteiger partial charge in [-0.1, -0.05) is 0 Å². The van der Waals surface area contributed by atoms with Crippen molar-refractivity contribution in [3.8, 4) is 0 Å². The highest BCUT2D eigenvalue weighted by Gasteiger charge is 2.20. The lowest BCUT2D eigenvalue weighted by Crippen LogP contribution is -2.27. The molecule has 0 aliphatic carbocycles. The molecule has 0 unspecified atom stereocenters. The van der Waals surface area contributed by atoms with Crippen molar-refractivity contribution in [2.75, 3.05) is 0 Å². The van der Waals surface area contributed by atoms with Crippen molar-refractivity contribution in [2.24, 2.45) is 0 Å². The molecule has 0 amide bonds. The summed E-state index contributed by atoms with van der Waals surface area (Å²) < 4.78 is 19.9. The molecular weight excluding hydrogens is 271 g/mol. The second-order valence-electron chi connectivity index (χ2n) is 5.17. The van der Waals surface area contributed by atoms with E-state index in [2.05, 4.69) is 5.10 Å². The van der Waals surface area contributed by atoms with Gasteiger partial charge >= 0.3 is 6.09 Å². The SMILES string of the molecule is CC(C)(C)OC(=O)n1ncc2cc(CCl)c(F)cc21. The molecule has 1 heterocycles. The maximum absolute atomic E-state index is 13.7. The average molecular weight is 285 g/mol. The van der Waals surface area contributed by atoms with Gasteiger partial charge in [-0.25, -0.2) is 9.18 Å². The number of hydrogen-bond donors (Lipinski definition) is 0. The van der Waals surface area contributed by atoms with Crippen LogP contribution in [0.2, 0.25) is 0 Å². The van der Waals surface area contributed by atoms with E-state index in [1.54, 1.807) is 26.8 Å². The minimum absolute atomic E-state index is 0.0688. The Kier molecular flexibility index (Phi) is 3.49. The number of alkyl halides is 1. The van der Waals surface area contributed by atoms with Crippen molar-refractivity contribution in [2.45, 2.75) is 32.3 Å². The summed E-state index contributed by atoms with van der Waals surface area (Å²) in [6.45, 7) is 5.26. The molecule has 0 N–H and O–H groups in total. The van der Waals surface area contributed by atoms with Crippen LogP contribution in [-0.2, 0) is 10.6 Å². The van der Waals surface area contributed by atoms with Gasteiger partial charge in [0.25, 0.3) is 0 Å². The molecule has 2 rings (SSSR count). The molecule has 0 bridgehead atoms. The van der Waals surface area contributed by atoms with Crippen molar-refractivity contribution in [3.05, 3.63) is 29.7 Å². The lowest BCUT2D eigenvalue weighted by atomic mass is 10.2. The molecule has 0 fully saturated rings. The maximum atomic E-state index is 13.7. The zero-order valence-corrected chi connectivity index (χ0v) is 11.7. The van der Waals surface area contributed by atoms with E-state index in [0.29, 0.717) is 16.5 Å². The van der Waals surface area contributed by atoms with Crippen LogP contribution >= 0.6 is 11.6 Å². The zero-order valence-electron chi connectivity index (χ0n) is 10.9. The zero-order chi connectivity index (χ0) is 14.2. The Morgan fingerprint density at radius 3 is 2.74 bits per heavy atom. The van der Waals surface area contributed by atoms with Gasteiger partial charge in [0.15, 0.2) is 0 Å². The van der Waals surface area contributed by atoms with Gasteiger partial charge in [0, 0.05) is 17.0 Å². The third kappa shape index (κ3) is 2.87. The summed E-state index contributed by atoms with van der Waals surface area (Å²) >= 11 is 5.63. The van der Waals surface area contributed by atoms with Crippen molar-refractivity contribution < 1.29 is 13.9 Å². The fourth-order valence-corrected chi connectivity index (χ4v) is 1.85. The molecule has 0 aliphatic heterocycles. The second kappa shape index (κ2) is 4.81. The Labute approximate surface area is 115 Å². The van der Waals surface area contributed by atoms with Gasteiger partial charge in [0.1, 0.15) is 11.4 Å². The minimum Gasteiger partial charge on any atom is -0.442 e. The van der Waals surface area contributed by atoms with E-state index in [1.165, 1.54) is 12.3 Å². The highest BCUT2D eigenvalue weighted by atomic mass is 35.5. The van der Waals surface area contributed by atoms with E-state index in [-0.39, 0.29) is 5.88 Å². The van der Waals surface area contributed by atoms with Crippen LogP contribution in [0.3, 0.4) is 0 Å². The molecular formula is C13H14ClFN2O2. The van der Waals surface area contributed by atoms with E-state index in [9.17, 15) is 9.18 Å². The number of hydrogen-bond acceptors (Lipinski definition) is 3. The van der Waals surface area contributed by atoms with Crippen molar-refractivity contribution in [1.82, 2.24) is 9.78 Å². The first-order valence-electron chi connectivity index (χ1n) is 5.77. The smallest absolute Gasteiger partial charge is 0.435 e. The van der Waals surface area contributed by atoms with Gasteiger partial charge in [-0.05, 0) is 26.8 Å². The van der Waals surface area contributed by atoms with Crippen LogP contribution in [0.4, 0.5) is 9.18 Å². The molecule has 1 aromatic carbocycles. The highest BCUT2D eigenvalue weighted by molar-refractivity contribution is 6.17. The van der Waals surface area contributed by atoms with Crippen LogP contribution in [0.15, 0.2) is 18.3 Å². The van der Waals surface area contributed by atoms with Crippen molar-refractivity contribution in [3.63, 3.8) is 0 Å². The molecule has 19 heavy (non-hydrogen) atoms. The van der Waals surface area contributed by atoms with Crippen molar-refractivity contribution >= 4 is 28.6 Å². The van der Waals surface area contributed by atoms with Crippen LogP contribution < -0.4 is 0 Å². The van der Waals surface area contributed by atoms with Crippen LogP contribution in [0.25, 0.3) is 10.9 Å². The number of fused-ring (bicyclic) bond motifs is 1. The first-order valence-corrected chi connectivity index (χ1v) is 6.31. The Bertz CT molecular complexity index is 631. The van der Waals surface area contributed by atoms with Gasteiger partial charge in [0.2, 0.25) is 0 Å². The lowest BCUT2D eigenvalue weighted by molar-refractivity contribution is 0.0522. The molecule has 0 aliphatic rings. The van der Waals surface area contributed by atoms with Gasteiger partial charge in [-0.2, -0.15) is 9.78 Å². The highest BCUT2D eigenvalue weighted by Crippen LogP contribution is 2.21. The van der Waals surface area contributed by atoms with Crippen LogP contribution in [0.1, 0.15) is 26.3 Å². The van der Waals surface area contributed by atoms with E-state index < -0.39 is 17.5 Å². The van der Waals surface area contributed by atoms with Crippen LogP contribution in [-0.4, -0.2) is 21.5 Å². The normalized spacial score (nSPS) is 11.8. The molecule has 1 aromatic heterocycles. The molecule has 0 saturated heterocycles. The Morgan fingerprint density at radius 2 is 2.16 bits per heavy atom. The number of rotatable bonds is 1. The summed E-state index contributed by atoms with van der Waals surface area (Å²) in [5, 5.41) is 4.57. The third-order valence-corrected chi connectivity index (χ3v) is 2.73. The minimum atomic E-state index is -0.638. The Balaban J connectivity index is 2.46. The van der Waals surface area contributed by atoms with E-state index in [0.717, 1.165) is 4.68 Å². The van der Waals surface area contributed by atoms with Crippen molar-refractivity contribution in [1.29, 1.82) is 0 Å². The first-order chi connectivity index (χ1) is 8.81. The summed E-state index contributed by atoms with van der Waals surface area (Å²) in [5.41, 5.74) is 0.0998. The molecule has 2 aromatic rings. The van der Waals surface area contributed by atoms with E-state index in [1.807, 2.05) is 0 Å². The average Bonchev–Trinajstić information content (AvgIpc) is 2.68. The molecule has 0 radical (unpaired) electrons. The summed E-state index contributed by atoms with van der Waals surface area (Å²) in [6, 6.07) is 2.81. The molecule has 0 spiro atoms. The predicted octanol–water partition coefficient (Wildman–Crippen LogP) is 3.70. The number of carbonyl (C=O) groups is 1. The van der Waals surface area contributed by atoms with E-state index >= 15 is 0 Å². The predicted molar refractivity (Wildman–Crippen MR) is 70.9 cm³/mol. The lowest BCUT2D eigenvalue weighted by Gasteiger charge is -2.19. The standard InChI is InChI=1S/C13H14ClFN2O2/c1-13(2,3)19-12(18)17-11-5-10(15)8(6-14)4-9(11)7-16-17/h4-5,7H,6H2,1-3H3. The quantitative estimate of drug-likeness (QED) is 0.750. The Hall–Kier alpha value is -1.62. The van der Waals surface area contributed by atoms with Gasteiger partial charge in [-0.3, -0.25) is 0 Å². The van der Waals surface area contributed by atoms with Crippen LogP contribution in [0, 0.1) is 5.82 Å². The number of aromatic nitrogens is 2. The maximum Gasteiger partial charge on any atom is 0.435 e. The monoisotopic (exact) mass is 284 g/mol. The number of halogens is 2. The third-order valence-electron chi connectivity index (χ3n) is 2.45. The molecule has 4 nitrogen and oxygen atoms in total. The molecule has 102 valence electrons. The van der Waals surface area contributed by atoms with E-state index in [4.69, 9.17) is 16.3 Å². The Morgan fingerprint density at radius 1 is 1.47 bits per heavy atom. The number of benzene rings is 1. The molecule has 0 atom stereocenters. The molecule has 0 saturated carbocycles. The summed E-state index contributed by atoms with van der Waals surface area (Å²) in [5.74, 6) is -0.396. The van der Waals surface area contributed by atoms with Gasteiger partial charge in [-0.15, -0.1) is 11.6 Å². The van der Waals surface area contributed by atoms with Gasteiger partial charge < -0.3 is 4.74 Å². The summed E-state index contributed by atoms with van der Waals surface area (Å²) in [6.07, 6.45) is 0.842. The van der Waals surface area contributed by atoms with Gasteiger partial charge in [0.05, 0.1) is 17.6 Å². The summed E-state index contributed by atoms with van der Waals surface area (Å²) in [7, 11) is 0.